The first-order chi connectivity index (χ1) is 13.1. The van der Waals surface area contributed by atoms with Gasteiger partial charge in [-0.05, 0) is 35.9 Å². The SMILES string of the molecule is NS(=O)(=O)c1cc(NC(=O)Cc2ccc(Cl)cc2Cl)ccc1-n1cc(Cl)cn1. The topological polar surface area (TPSA) is 107 Å². The summed E-state index contributed by atoms with van der Waals surface area (Å²) in [6.45, 7) is 0. The first-order valence-corrected chi connectivity index (χ1v) is 10.4. The van der Waals surface area contributed by atoms with Gasteiger partial charge in [-0.25, -0.2) is 18.2 Å². The van der Waals surface area contributed by atoms with Gasteiger partial charge in [0.2, 0.25) is 15.9 Å². The molecule has 1 amide bonds. The molecule has 0 spiro atoms. The smallest absolute Gasteiger partial charge is 0.240 e. The lowest BCUT2D eigenvalue weighted by Crippen LogP contribution is -2.18. The van der Waals surface area contributed by atoms with Crippen LogP contribution in [-0.4, -0.2) is 24.1 Å². The van der Waals surface area contributed by atoms with E-state index in [2.05, 4.69) is 10.4 Å². The molecule has 0 aliphatic rings. The van der Waals surface area contributed by atoms with Gasteiger partial charge < -0.3 is 5.32 Å². The second kappa shape index (κ2) is 8.10. The zero-order chi connectivity index (χ0) is 20.5. The number of halogens is 3. The predicted octanol–water partition coefficient (Wildman–Crippen LogP) is 3.66. The summed E-state index contributed by atoms with van der Waals surface area (Å²) in [5.41, 5.74) is 1.03. The lowest BCUT2D eigenvalue weighted by atomic mass is 10.1. The van der Waals surface area contributed by atoms with E-state index in [1.807, 2.05) is 0 Å². The molecule has 0 saturated carbocycles. The number of nitrogens with zero attached hydrogens (tertiary/aromatic N) is 2. The number of hydrogen-bond donors (Lipinski definition) is 2. The van der Waals surface area contributed by atoms with Crippen molar-refractivity contribution in [2.75, 3.05) is 5.32 Å². The van der Waals surface area contributed by atoms with Crippen molar-refractivity contribution >= 4 is 56.4 Å². The summed E-state index contributed by atoms with van der Waals surface area (Å²) in [4.78, 5) is 12.1. The van der Waals surface area contributed by atoms with Gasteiger partial charge in [0.05, 0.1) is 23.3 Å². The zero-order valence-corrected chi connectivity index (χ0v) is 17.1. The van der Waals surface area contributed by atoms with Crippen LogP contribution in [0.15, 0.2) is 53.7 Å². The Labute approximate surface area is 176 Å². The zero-order valence-electron chi connectivity index (χ0n) is 14.1. The molecule has 0 aliphatic heterocycles. The van der Waals surface area contributed by atoms with Crippen molar-refractivity contribution in [1.82, 2.24) is 9.78 Å². The van der Waals surface area contributed by atoms with Gasteiger partial charge in [-0.1, -0.05) is 40.9 Å². The van der Waals surface area contributed by atoms with Crippen molar-refractivity contribution < 1.29 is 13.2 Å². The van der Waals surface area contributed by atoms with E-state index in [4.69, 9.17) is 39.9 Å². The average Bonchev–Trinajstić information content (AvgIpc) is 3.03. The van der Waals surface area contributed by atoms with E-state index < -0.39 is 10.0 Å². The molecule has 146 valence electrons. The highest BCUT2D eigenvalue weighted by atomic mass is 35.5. The number of primary sulfonamides is 1. The normalized spacial score (nSPS) is 11.4. The Balaban J connectivity index is 1.87. The highest BCUT2D eigenvalue weighted by Crippen LogP contribution is 2.25. The Bertz CT molecular complexity index is 1160. The molecule has 7 nitrogen and oxygen atoms in total. The van der Waals surface area contributed by atoms with Crippen molar-refractivity contribution in [3.63, 3.8) is 0 Å². The number of nitrogens with two attached hydrogens (primary N) is 1. The number of sulfonamides is 1. The third kappa shape index (κ3) is 4.84. The van der Waals surface area contributed by atoms with Crippen molar-refractivity contribution in [3.05, 3.63) is 69.4 Å². The van der Waals surface area contributed by atoms with Gasteiger partial charge >= 0.3 is 0 Å². The molecule has 0 saturated heterocycles. The number of carbonyl (C=O) groups excluding carboxylic acids is 1. The summed E-state index contributed by atoms with van der Waals surface area (Å²) < 4.78 is 25.3. The number of hydrogen-bond acceptors (Lipinski definition) is 4. The Morgan fingerprint density at radius 1 is 1.11 bits per heavy atom. The maximum Gasteiger partial charge on any atom is 0.240 e. The van der Waals surface area contributed by atoms with Crippen LogP contribution in [0.4, 0.5) is 5.69 Å². The molecule has 2 aromatic carbocycles. The van der Waals surface area contributed by atoms with Gasteiger partial charge in [0.1, 0.15) is 4.90 Å². The minimum absolute atomic E-state index is 0.0166. The summed E-state index contributed by atoms with van der Waals surface area (Å²) in [6, 6.07) is 9.05. The van der Waals surface area contributed by atoms with Crippen LogP contribution < -0.4 is 10.5 Å². The second-order valence-electron chi connectivity index (χ2n) is 5.79. The van der Waals surface area contributed by atoms with E-state index in [-0.39, 0.29) is 28.6 Å². The quantitative estimate of drug-likeness (QED) is 0.607. The lowest BCUT2D eigenvalue weighted by Gasteiger charge is -2.12. The largest absolute Gasteiger partial charge is 0.326 e. The third-order valence-corrected chi connectivity index (χ3v) is 5.44. The molecule has 3 aromatic rings. The molecule has 11 heteroatoms. The standard InChI is InChI=1S/C17H13Cl3N4O3S/c18-11-2-1-10(14(20)6-11)5-17(25)23-13-3-4-15(16(7-13)28(21,26)27)24-9-12(19)8-22-24/h1-4,6-9H,5H2,(H,23,25)(H2,21,26,27). The lowest BCUT2D eigenvalue weighted by molar-refractivity contribution is -0.115. The number of nitrogens with one attached hydrogen (secondary N) is 1. The van der Waals surface area contributed by atoms with Gasteiger partial charge in [-0.2, -0.15) is 5.10 Å². The number of aromatic nitrogens is 2. The molecular formula is C17H13Cl3N4O3S. The van der Waals surface area contributed by atoms with Crippen LogP contribution in [0, 0.1) is 0 Å². The van der Waals surface area contributed by atoms with Crippen molar-refractivity contribution in [2.45, 2.75) is 11.3 Å². The van der Waals surface area contributed by atoms with E-state index in [0.717, 1.165) is 0 Å². The third-order valence-electron chi connectivity index (χ3n) is 3.71. The van der Waals surface area contributed by atoms with E-state index in [9.17, 15) is 13.2 Å². The fourth-order valence-corrected chi connectivity index (χ4v) is 3.84. The second-order valence-corrected chi connectivity index (χ2v) is 8.60. The van der Waals surface area contributed by atoms with Crippen LogP contribution in [0.3, 0.4) is 0 Å². The molecule has 0 atom stereocenters. The minimum Gasteiger partial charge on any atom is -0.326 e. The number of rotatable bonds is 5. The summed E-state index contributed by atoms with van der Waals surface area (Å²) >= 11 is 17.7. The minimum atomic E-state index is -4.09. The van der Waals surface area contributed by atoms with E-state index in [1.54, 1.807) is 12.1 Å². The Kier molecular flexibility index (Phi) is 5.97. The molecule has 0 bridgehead atoms. The van der Waals surface area contributed by atoms with Crippen LogP contribution in [0.1, 0.15) is 5.56 Å². The fourth-order valence-electron chi connectivity index (χ4n) is 2.48. The summed E-state index contributed by atoms with van der Waals surface area (Å²) in [5, 5.41) is 13.1. The van der Waals surface area contributed by atoms with Gasteiger partial charge in [0.15, 0.2) is 0 Å². The fraction of sp³-hybridized carbons (Fsp3) is 0.0588. The number of anilines is 1. The van der Waals surface area contributed by atoms with E-state index >= 15 is 0 Å². The molecule has 3 rings (SSSR count). The summed E-state index contributed by atoms with van der Waals surface area (Å²) in [5.74, 6) is -0.389. The van der Waals surface area contributed by atoms with Gasteiger partial charge in [0.25, 0.3) is 0 Å². The summed E-state index contributed by atoms with van der Waals surface area (Å²) in [7, 11) is -4.09. The Morgan fingerprint density at radius 3 is 2.46 bits per heavy atom. The predicted molar refractivity (Wildman–Crippen MR) is 109 cm³/mol. The van der Waals surface area contributed by atoms with Gasteiger partial charge in [-0.15, -0.1) is 0 Å². The van der Waals surface area contributed by atoms with Crippen LogP contribution in [0.25, 0.3) is 5.69 Å². The highest BCUT2D eigenvalue weighted by molar-refractivity contribution is 7.89. The first kappa shape index (κ1) is 20.6. The molecule has 0 unspecified atom stereocenters. The molecule has 0 radical (unpaired) electrons. The molecule has 28 heavy (non-hydrogen) atoms. The highest BCUT2D eigenvalue weighted by Gasteiger charge is 2.18. The van der Waals surface area contributed by atoms with E-state index in [1.165, 1.54) is 41.3 Å². The van der Waals surface area contributed by atoms with Crippen LogP contribution >= 0.6 is 34.8 Å². The van der Waals surface area contributed by atoms with Crippen molar-refractivity contribution in [3.8, 4) is 5.69 Å². The van der Waals surface area contributed by atoms with Crippen LogP contribution in [0.5, 0.6) is 0 Å². The van der Waals surface area contributed by atoms with Gasteiger partial charge in [0, 0.05) is 21.9 Å². The van der Waals surface area contributed by atoms with Gasteiger partial charge in [-0.3, -0.25) is 4.79 Å². The summed E-state index contributed by atoms with van der Waals surface area (Å²) in [6.07, 6.45) is 2.78. The molecule has 1 heterocycles. The number of benzene rings is 2. The van der Waals surface area contributed by atoms with Crippen LogP contribution in [0.2, 0.25) is 15.1 Å². The first-order valence-electron chi connectivity index (χ1n) is 7.74. The molecular weight excluding hydrogens is 447 g/mol. The van der Waals surface area contributed by atoms with E-state index in [0.29, 0.717) is 20.6 Å². The van der Waals surface area contributed by atoms with Crippen molar-refractivity contribution in [1.29, 1.82) is 0 Å². The van der Waals surface area contributed by atoms with Crippen molar-refractivity contribution in [2.24, 2.45) is 5.14 Å². The number of carbonyl (C=O) groups is 1. The Hall–Kier alpha value is -2.10. The molecule has 0 fully saturated rings. The maximum atomic E-state index is 12.3. The monoisotopic (exact) mass is 458 g/mol. The molecule has 0 aliphatic carbocycles. The average molecular weight is 460 g/mol. The van der Waals surface area contributed by atoms with Crippen LogP contribution in [-0.2, 0) is 21.2 Å². The maximum absolute atomic E-state index is 12.3. The number of amides is 1. The Morgan fingerprint density at radius 2 is 1.86 bits per heavy atom. The molecule has 3 N–H and O–H groups in total. The molecule has 1 aromatic heterocycles.